The Morgan fingerprint density at radius 1 is 1.53 bits per heavy atom. The van der Waals surface area contributed by atoms with Gasteiger partial charge in [0, 0.05) is 34.7 Å². The first-order valence-corrected chi connectivity index (χ1v) is 10.8. The predicted molar refractivity (Wildman–Crippen MR) is 109 cm³/mol. The average Bonchev–Trinajstić information content (AvgIpc) is 3.39. The number of nitrogens with zero attached hydrogens (tertiary/aromatic N) is 2. The van der Waals surface area contributed by atoms with E-state index in [-0.39, 0.29) is 41.5 Å². The molecule has 1 aromatic heterocycles. The maximum absolute atomic E-state index is 12.4. The lowest BCUT2D eigenvalue weighted by atomic mass is 9.79. The Kier molecular flexibility index (Phi) is 5.75. The molecule has 0 saturated carbocycles. The minimum atomic E-state index is -1.10. The molecule has 9 nitrogen and oxygen atoms in total. The van der Waals surface area contributed by atoms with Crippen LogP contribution >= 0.6 is 11.8 Å². The zero-order valence-electron chi connectivity index (χ0n) is 16.7. The largest absolute Gasteiger partial charge is 0.477 e. The Morgan fingerprint density at radius 2 is 2.30 bits per heavy atom. The number of carboxylic acids is 1. The van der Waals surface area contributed by atoms with Crippen LogP contribution in [0.4, 0.5) is 0 Å². The van der Waals surface area contributed by atoms with E-state index in [2.05, 4.69) is 10.5 Å². The molecule has 0 bridgehead atoms. The lowest BCUT2D eigenvalue weighted by molar-refractivity contribution is -0.163. The van der Waals surface area contributed by atoms with Gasteiger partial charge in [0.15, 0.2) is 5.76 Å². The summed E-state index contributed by atoms with van der Waals surface area (Å²) >= 11 is 1.51. The van der Waals surface area contributed by atoms with Gasteiger partial charge in [-0.25, -0.2) is 4.79 Å². The van der Waals surface area contributed by atoms with Gasteiger partial charge in [-0.1, -0.05) is 18.2 Å². The number of nitrogens with one attached hydrogen (secondary N) is 1. The fraction of sp³-hybridized carbons (Fsp3) is 0.550. The molecule has 2 saturated heterocycles. The molecular formula is C20H25N3O6S. The van der Waals surface area contributed by atoms with Crippen molar-refractivity contribution >= 4 is 29.7 Å². The average molecular weight is 436 g/mol. The van der Waals surface area contributed by atoms with Crippen LogP contribution in [0.25, 0.3) is 6.08 Å². The van der Waals surface area contributed by atoms with Crippen molar-refractivity contribution in [2.75, 3.05) is 6.54 Å². The number of aliphatic carboxylic acids is 1. The fourth-order valence-corrected chi connectivity index (χ4v) is 6.01. The molecule has 0 unspecified atom stereocenters. The SMILES string of the molecule is C[C@@H](O)[C@H]1C(=O)N2C(C(=O)O)=C(S[C@@H]3CN[C@H](/C=C/c4cc(CO)no4)C3)[C@H](C)[C@H]12. The summed E-state index contributed by atoms with van der Waals surface area (Å²) in [5, 5.41) is 36.0. The highest BCUT2D eigenvalue weighted by molar-refractivity contribution is 8.03. The van der Waals surface area contributed by atoms with E-state index in [0.717, 1.165) is 6.42 Å². The minimum absolute atomic E-state index is 0.0663. The summed E-state index contributed by atoms with van der Waals surface area (Å²) in [7, 11) is 0. The van der Waals surface area contributed by atoms with Gasteiger partial charge in [0.25, 0.3) is 0 Å². The number of aliphatic hydroxyl groups is 2. The molecule has 0 aliphatic carbocycles. The van der Waals surface area contributed by atoms with E-state index < -0.39 is 18.0 Å². The summed E-state index contributed by atoms with van der Waals surface area (Å²) in [6.07, 6.45) is 3.76. The van der Waals surface area contributed by atoms with E-state index in [4.69, 9.17) is 9.63 Å². The van der Waals surface area contributed by atoms with E-state index in [1.807, 2.05) is 13.0 Å². The smallest absolute Gasteiger partial charge is 0.353 e. The Labute approximate surface area is 177 Å². The van der Waals surface area contributed by atoms with Crippen molar-refractivity contribution in [3.05, 3.63) is 34.2 Å². The van der Waals surface area contributed by atoms with Crippen LogP contribution in [0.1, 0.15) is 31.7 Å². The van der Waals surface area contributed by atoms with E-state index >= 15 is 0 Å². The number of β-lactam (4-membered cyclic amide) rings is 1. The van der Waals surface area contributed by atoms with Crippen LogP contribution in [0.2, 0.25) is 0 Å². The molecule has 4 rings (SSSR count). The summed E-state index contributed by atoms with van der Waals surface area (Å²) in [6, 6.07) is 1.48. The van der Waals surface area contributed by atoms with Gasteiger partial charge in [-0.15, -0.1) is 11.8 Å². The first kappa shape index (κ1) is 21.1. The molecule has 30 heavy (non-hydrogen) atoms. The molecule has 2 fully saturated rings. The molecule has 1 amide bonds. The number of hydrogen-bond acceptors (Lipinski definition) is 8. The molecule has 0 radical (unpaired) electrons. The van der Waals surface area contributed by atoms with Crippen molar-refractivity contribution in [3.63, 3.8) is 0 Å². The van der Waals surface area contributed by atoms with Gasteiger partial charge >= 0.3 is 5.97 Å². The fourth-order valence-electron chi connectivity index (χ4n) is 4.52. The van der Waals surface area contributed by atoms with Gasteiger partial charge in [0.05, 0.1) is 24.7 Å². The monoisotopic (exact) mass is 435 g/mol. The van der Waals surface area contributed by atoms with Crippen molar-refractivity contribution in [3.8, 4) is 0 Å². The number of carbonyl (C=O) groups is 2. The summed E-state index contributed by atoms with van der Waals surface area (Å²) in [5.41, 5.74) is 0.539. The van der Waals surface area contributed by atoms with Crippen LogP contribution in [-0.4, -0.2) is 67.2 Å². The maximum atomic E-state index is 12.4. The summed E-state index contributed by atoms with van der Waals surface area (Å²) < 4.78 is 5.11. The lowest BCUT2D eigenvalue weighted by Crippen LogP contribution is -2.63. The number of aromatic nitrogens is 1. The number of aliphatic hydroxyl groups excluding tert-OH is 2. The van der Waals surface area contributed by atoms with Gasteiger partial charge in [-0.05, 0) is 19.4 Å². The molecule has 0 spiro atoms. The number of rotatable bonds is 7. The van der Waals surface area contributed by atoms with E-state index in [1.54, 1.807) is 19.1 Å². The molecule has 6 atom stereocenters. The second kappa shape index (κ2) is 8.18. The third kappa shape index (κ3) is 3.58. The molecule has 3 aliphatic rings. The maximum Gasteiger partial charge on any atom is 0.353 e. The van der Waals surface area contributed by atoms with Crippen molar-refractivity contribution in [2.45, 2.75) is 50.3 Å². The number of hydrogen-bond donors (Lipinski definition) is 4. The molecule has 0 aromatic carbocycles. The van der Waals surface area contributed by atoms with Crippen LogP contribution in [-0.2, 0) is 16.2 Å². The number of carbonyl (C=O) groups excluding carboxylic acids is 1. The lowest BCUT2D eigenvalue weighted by Gasteiger charge is -2.46. The quantitative estimate of drug-likeness (QED) is 0.458. The summed E-state index contributed by atoms with van der Waals surface area (Å²) in [5.74, 6) is -1.52. The van der Waals surface area contributed by atoms with Crippen molar-refractivity contribution < 1.29 is 29.4 Å². The van der Waals surface area contributed by atoms with Crippen LogP contribution in [0, 0.1) is 11.8 Å². The molecule has 162 valence electrons. The van der Waals surface area contributed by atoms with Crippen molar-refractivity contribution in [1.29, 1.82) is 0 Å². The Bertz CT molecular complexity index is 910. The summed E-state index contributed by atoms with van der Waals surface area (Å²) in [4.78, 5) is 26.4. The van der Waals surface area contributed by atoms with Gasteiger partial charge in [-0.3, -0.25) is 4.79 Å². The zero-order valence-corrected chi connectivity index (χ0v) is 17.5. The molecule has 10 heteroatoms. The second-order valence-corrected chi connectivity index (χ2v) is 9.34. The first-order chi connectivity index (χ1) is 14.3. The highest BCUT2D eigenvalue weighted by Gasteiger charge is 2.60. The third-order valence-electron chi connectivity index (χ3n) is 5.96. The van der Waals surface area contributed by atoms with Gasteiger partial charge in [0.1, 0.15) is 11.4 Å². The Balaban J connectivity index is 1.44. The topological polar surface area (TPSA) is 136 Å². The van der Waals surface area contributed by atoms with Gasteiger partial charge in [-0.2, -0.15) is 0 Å². The van der Waals surface area contributed by atoms with Crippen molar-refractivity contribution in [2.24, 2.45) is 11.8 Å². The zero-order chi connectivity index (χ0) is 21.6. The molecular weight excluding hydrogens is 410 g/mol. The first-order valence-electron chi connectivity index (χ1n) is 9.95. The summed E-state index contributed by atoms with van der Waals surface area (Å²) in [6.45, 7) is 4.04. The van der Waals surface area contributed by atoms with Gasteiger partial charge < -0.3 is 30.1 Å². The van der Waals surface area contributed by atoms with Crippen LogP contribution in [0.5, 0.6) is 0 Å². The third-order valence-corrected chi connectivity index (χ3v) is 7.47. The highest BCUT2D eigenvalue weighted by Crippen LogP contribution is 2.51. The number of carboxylic acid groups (broad SMARTS) is 1. The van der Waals surface area contributed by atoms with E-state index in [1.165, 1.54) is 16.7 Å². The molecule has 4 heterocycles. The Hall–Kier alpha value is -2.14. The number of amides is 1. The highest BCUT2D eigenvalue weighted by atomic mass is 32.2. The molecule has 4 N–H and O–H groups in total. The van der Waals surface area contributed by atoms with Crippen LogP contribution in [0.3, 0.4) is 0 Å². The predicted octanol–water partition coefficient (Wildman–Crippen LogP) is 0.797. The van der Waals surface area contributed by atoms with Crippen LogP contribution in [0.15, 0.2) is 27.3 Å². The van der Waals surface area contributed by atoms with Gasteiger partial charge in [0.2, 0.25) is 5.91 Å². The number of thioether (sulfide) groups is 1. The molecule has 3 aliphatic heterocycles. The van der Waals surface area contributed by atoms with E-state index in [0.29, 0.717) is 22.9 Å². The minimum Gasteiger partial charge on any atom is -0.477 e. The van der Waals surface area contributed by atoms with E-state index in [9.17, 15) is 19.8 Å². The normalized spacial score (nSPS) is 32.1. The van der Waals surface area contributed by atoms with Crippen LogP contribution < -0.4 is 5.32 Å². The second-order valence-electron chi connectivity index (χ2n) is 8.00. The molecule has 1 aromatic rings. The standard InChI is InChI=1S/C20H25N3O6S/c1-9-16-15(10(2)25)19(26)23(16)17(20(27)28)18(9)30-14-6-11(21-7-14)3-4-13-5-12(8-24)22-29-13/h3-5,9-11,14-16,21,24-25H,6-8H2,1-2H3,(H,27,28)/b4-3+/t9-,10-,11-,14+,15-,16-/m1/s1. The number of fused-ring (bicyclic) bond motifs is 1. The Morgan fingerprint density at radius 3 is 2.93 bits per heavy atom. The van der Waals surface area contributed by atoms with Crippen molar-refractivity contribution in [1.82, 2.24) is 15.4 Å².